The maximum Gasteiger partial charge on any atom is 0.180 e. The van der Waals surface area contributed by atoms with Crippen molar-refractivity contribution in [3.63, 3.8) is 0 Å². The molecule has 1 N–H and O–H groups in total. The van der Waals surface area contributed by atoms with Gasteiger partial charge in [0, 0.05) is 24.7 Å². The van der Waals surface area contributed by atoms with Gasteiger partial charge in [-0.3, -0.25) is 0 Å². The number of hydrogen-bond acceptors (Lipinski definition) is 6. The number of fused-ring (bicyclic) bond motifs is 1. The third kappa shape index (κ3) is 3.00. The van der Waals surface area contributed by atoms with Crippen molar-refractivity contribution in [1.82, 2.24) is 19.9 Å². The van der Waals surface area contributed by atoms with E-state index in [1.807, 2.05) is 13.0 Å². The van der Waals surface area contributed by atoms with E-state index >= 15 is 0 Å². The van der Waals surface area contributed by atoms with Crippen LogP contribution in [0.3, 0.4) is 0 Å². The predicted octanol–water partition coefficient (Wildman–Crippen LogP) is 2.14. The van der Waals surface area contributed by atoms with Crippen molar-refractivity contribution in [2.45, 2.75) is 33.3 Å². The number of aryl methyl sites for hydroxylation is 1. The molecule has 0 unspecified atom stereocenters. The van der Waals surface area contributed by atoms with E-state index in [2.05, 4.69) is 32.2 Å². The molecule has 0 fully saturated rings. The summed E-state index contributed by atoms with van der Waals surface area (Å²) in [6.45, 7) is 6.16. The van der Waals surface area contributed by atoms with Crippen LogP contribution in [0.4, 0.5) is 5.82 Å². The first-order chi connectivity index (χ1) is 10.3. The van der Waals surface area contributed by atoms with Crippen LogP contribution in [0.1, 0.15) is 30.4 Å². The molecule has 0 saturated heterocycles. The highest BCUT2D eigenvalue weighted by Crippen LogP contribution is 2.25. The van der Waals surface area contributed by atoms with Gasteiger partial charge in [0.2, 0.25) is 0 Å². The Kier molecular flexibility index (Phi) is 4.06. The summed E-state index contributed by atoms with van der Waals surface area (Å²) in [7, 11) is 0. The van der Waals surface area contributed by atoms with E-state index in [4.69, 9.17) is 4.74 Å². The van der Waals surface area contributed by atoms with Crippen molar-refractivity contribution < 1.29 is 4.74 Å². The van der Waals surface area contributed by atoms with Gasteiger partial charge in [-0.2, -0.15) is 0 Å². The van der Waals surface area contributed by atoms with Gasteiger partial charge in [0.1, 0.15) is 17.3 Å². The number of nitrogens with zero attached hydrogens (tertiary/aromatic N) is 4. The minimum Gasteiger partial charge on any atom is -0.376 e. The minimum absolute atomic E-state index is 0.574. The normalized spacial score (nSPS) is 13.8. The van der Waals surface area contributed by atoms with Crippen LogP contribution < -0.4 is 5.32 Å². The number of hydrogen-bond donors (Lipinski definition) is 1. The molecule has 6 heteroatoms. The number of ether oxygens (including phenoxy) is 1. The van der Waals surface area contributed by atoms with Crippen LogP contribution in [0, 0.1) is 6.92 Å². The highest BCUT2D eigenvalue weighted by molar-refractivity contribution is 5.56. The zero-order chi connectivity index (χ0) is 14.7. The lowest BCUT2D eigenvalue weighted by molar-refractivity contribution is 0.109. The molecule has 0 radical (unpaired) electrons. The van der Waals surface area contributed by atoms with E-state index in [0.29, 0.717) is 19.0 Å². The summed E-state index contributed by atoms with van der Waals surface area (Å²) < 4.78 is 5.54. The smallest absolute Gasteiger partial charge is 0.180 e. The van der Waals surface area contributed by atoms with Crippen LogP contribution in [-0.2, 0) is 17.8 Å². The molecule has 0 bridgehead atoms. The Morgan fingerprint density at radius 1 is 1.29 bits per heavy atom. The molecule has 0 atom stereocenters. The first-order valence-corrected chi connectivity index (χ1v) is 7.29. The summed E-state index contributed by atoms with van der Waals surface area (Å²) in [5.74, 6) is 2.24. The fraction of sp³-hybridized carbons (Fsp3) is 0.467. The summed E-state index contributed by atoms with van der Waals surface area (Å²) in [4.78, 5) is 17.9. The molecule has 110 valence electrons. The van der Waals surface area contributed by atoms with E-state index in [1.165, 1.54) is 0 Å². The molecule has 6 nitrogen and oxygen atoms in total. The molecule has 0 spiro atoms. The number of nitrogens with one attached hydrogen (secondary N) is 1. The average Bonchev–Trinajstić information content (AvgIpc) is 2.52. The van der Waals surface area contributed by atoms with Gasteiger partial charge in [0.25, 0.3) is 0 Å². The van der Waals surface area contributed by atoms with E-state index in [0.717, 1.165) is 48.0 Å². The van der Waals surface area contributed by atoms with E-state index < -0.39 is 0 Å². The molecule has 1 aliphatic rings. The fourth-order valence-corrected chi connectivity index (χ4v) is 2.32. The van der Waals surface area contributed by atoms with Crippen LogP contribution in [0.5, 0.6) is 0 Å². The van der Waals surface area contributed by atoms with Crippen LogP contribution in [0.15, 0.2) is 12.3 Å². The summed E-state index contributed by atoms with van der Waals surface area (Å²) >= 11 is 0. The van der Waals surface area contributed by atoms with E-state index in [1.54, 1.807) is 6.20 Å². The van der Waals surface area contributed by atoms with Gasteiger partial charge >= 0.3 is 0 Å². The van der Waals surface area contributed by atoms with Crippen molar-refractivity contribution in [3.05, 3.63) is 29.3 Å². The van der Waals surface area contributed by atoms with Gasteiger partial charge < -0.3 is 10.1 Å². The Balaban J connectivity index is 2.05. The molecule has 0 amide bonds. The lowest BCUT2D eigenvalue weighted by Gasteiger charge is -2.20. The zero-order valence-electron chi connectivity index (χ0n) is 12.4. The second-order valence-electron chi connectivity index (χ2n) is 5.04. The summed E-state index contributed by atoms with van der Waals surface area (Å²) in [5, 5.41) is 3.37. The van der Waals surface area contributed by atoms with Crippen molar-refractivity contribution in [2.24, 2.45) is 0 Å². The van der Waals surface area contributed by atoms with Crippen LogP contribution >= 0.6 is 0 Å². The zero-order valence-corrected chi connectivity index (χ0v) is 12.4. The molecule has 0 saturated carbocycles. The molecule has 2 aromatic heterocycles. The quantitative estimate of drug-likeness (QED) is 0.927. The van der Waals surface area contributed by atoms with Crippen LogP contribution in [0.25, 0.3) is 11.5 Å². The van der Waals surface area contributed by atoms with E-state index in [9.17, 15) is 0 Å². The fourth-order valence-electron chi connectivity index (χ4n) is 2.32. The molecule has 1 aliphatic heterocycles. The molecule has 0 aromatic carbocycles. The lowest BCUT2D eigenvalue weighted by Crippen LogP contribution is -2.17. The predicted molar refractivity (Wildman–Crippen MR) is 79.9 cm³/mol. The maximum atomic E-state index is 5.54. The Labute approximate surface area is 124 Å². The molecule has 3 rings (SSSR count). The number of anilines is 1. The van der Waals surface area contributed by atoms with Crippen molar-refractivity contribution in [2.75, 3.05) is 18.5 Å². The Morgan fingerprint density at radius 2 is 2.19 bits per heavy atom. The molecular weight excluding hydrogens is 266 g/mol. The number of rotatable bonds is 4. The molecule has 3 heterocycles. The van der Waals surface area contributed by atoms with Crippen molar-refractivity contribution in [1.29, 1.82) is 0 Å². The van der Waals surface area contributed by atoms with Crippen LogP contribution in [0.2, 0.25) is 0 Å². The summed E-state index contributed by atoms with van der Waals surface area (Å²) in [5.41, 5.74) is 2.89. The second kappa shape index (κ2) is 6.13. The van der Waals surface area contributed by atoms with Crippen molar-refractivity contribution in [3.8, 4) is 11.5 Å². The van der Waals surface area contributed by atoms with Crippen LogP contribution in [-0.4, -0.2) is 33.1 Å². The van der Waals surface area contributed by atoms with Gasteiger partial charge in [0.15, 0.2) is 5.82 Å². The Hall–Kier alpha value is -2.08. The van der Waals surface area contributed by atoms with E-state index in [-0.39, 0.29) is 0 Å². The highest BCUT2D eigenvalue weighted by atomic mass is 16.5. The molecular formula is C15H19N5O. The third-order valence-electron chi connectivity index (χ3n) is 3.37. The Morgan fingerprint density at radius 3 is 3.00 bits per heavy atom. The summed E-state index contributed by atoms with van der Waals surface area (Å²) in [6.07, 6.45) is 3.60. The maximum absolute atomic E-state index is 5.54. The highest BCUT2D eigenvalue weighted by Gasteiger charge is 2.19. The van der Waals surface area contributed by atoms with Gasteiger partial charge in [-0.05, 0) is 19.4 Å². The SMILES string of the molecule is CCCNc1nc(-c2ccnc(C)n2)nc2c1COCC2. The first kappa shape index (κ1) is 13.9. The lowest BCUT2D eigenvalue weighted by atomic mass is 10.1. The Bertz CT molecular complexity index is 644. The molecule has 21 heavy (non-hydrogen) atoms. The van der Waals surface area contributed by atoms with Crippen molar-refractivity contribution >= 4 is 5.82 Å². The van der Waals surface area contributed by atoms with Gasteiger partial charge in [-0.25, -0.2) is 19.9 Å². The standard InChI is InChI=1S/C15H19N5O/c1-3-6-17-14-11-9-21-8-5-12(11)19-15(20-14)13-4-7-16-10(2)18-13/h4,7H,3,5-6,8-9H2,1-2H3,(H,17,19,20). The van der Waals surface area contributed by atoms with Gasteiger partial charge in [-0.1, -0.05) is 6.92 Å². The summed E-state index contributed by atoms with van der Waals surface area (Å²) in [6, 6.07) is 1.84. The molecule has 2 aromatic rings. The largest absolute Gasteiger partial charge is 0.376 e. The number of aromatic nitrogens is 4. The second-order valence-corrected chi connectivity index (χ2v) is 5.04. The average molecular weight is 285 g/mol. The first-order valence-electron chi connectivity index (χ1n) is 7.29. The minimum atomic E-state index is 0.574. The monoisotopic (exact) mass is 285 g/mol. The topological polar surface area (TPSA) is 72.8 Å². The molecule has 0 aliphatic carbocycles. The third-order valence-corrected chi connectivity index (χ3v) is 3.37. The van der Waals surface area contributed by atoms with Gasteiger partial charge in [0.05, 0.1) is 18.9 Å². The van der Waals surface area contributed by atoms with Gasteiger partial charge in [-0.15, -0.1) is 0 Å².